The highest BCUT2D eigenvalue weighted by molar-refractivity contribution is 5.95. The van der Waals surface area contributed by atoms with E-state index >= 15 is 0 Å². The Kier molecular flexibility index (Phi) is 2.72. The van der Waals surface area contributed by atoms with Gasteiger partial charge in [-0.25, -0.2) is 0 Å². The van der Waals surface area contributed by atoms with Crippen molar-refractivity contribution in [1.82, 2.24) is 4.98 Å². The van der Waals surface area contributed by atoms with Gasteiger partial charge in [-0.15, -0.1) is 0 Å². The summed E-state index contributed by atoms with van der Waals surface area (Å²) >= 11 is 0. The van der Waals surface area contributed by atoms with Crippen molar-refractivity contribution in [3.8, 4) is 0 Å². The van der Waals surface area contributed by atoms with Gasteiger partial charge < -0.3 is 25.0 Å². The molecule has 0 bridgehead atoms. The molecule has 0 spiro atoms. The Morgan fingerprint density at radius 1 is 1.53 bits per heavy atom. The molecule has 1 aliphatic heterocycles. The largest absolute Gasteiger partial charge is 0.431 e. The molecule has 1 aromatic heterocycles. The van der Waals surface area contributed by atoms with Gasteiger partial charge in [0.25, 0.3) is 6.01 Å². The summed E-state index contributed by atoms with van der Waals surface area (Å²) in [5, 5.41) is 11.3. The molecule has 1 saturated heterocycles. The number of oxime groups is 1. The number of nitrogens with two attached hydrogens (primary N) is 1. The minimum absolute atomic E-state index is 0.0572. The molecule has 82 valence electrons. The lowest BCUT2D eigenvalue weighted by molar-refractivity contribution is 0.120. The molecule has 7 heteroatoms. The molecule has 0 aliphatic carbocycles. The van der Waals surface area contributed by atoms with Gasteiger partial charge in [-0.05, 0) is 0 Å². The summed E-state index contributed by atoms with van der Waals surface area (Å²) in [6, 6.07) is 0.472. The molecule has 1 aliphatic rings. The maximum absolute atomic E-state index is 8.46. The highest BCUT2D eigenvalue weighted by atomic mass is 16.5. The number of aromatic nitrogens is 1. The monoisotopic (exact) mass is 212 g/mol. The summed E-state index contributed by atoms with van der Waals surface area (Å²) in [6.45, 7) is 2.77. The number of anilines is 1. The molecule has 15 heavy (non-hydrogen) atoms. The molecule has 3 N–H and O–H groups in total. The number of oxazole rings is 1. The van der Waals surface area contributed by atoms with E-state index in [0.717, 1.165) is 13.1 Å². The second-order valence-corrected chi connectivity index (χ2v) is 3.10. The van der Waals surface area contributed by atoms with E-state index in [4.69, 9.17) is 20.1 Å². The minimum atomic E-state index is -0.0572. The smallest absolute Gasteiger partial charge is 0.298 e. The van der Waals surface area contributed by atoms with Crippen LogP contribution in [-0.4, -0.2) is 42.3 Å². The molecular weight excluding hydrogens is 200 g/mol. The van der Waals surface area contributed by atoms with Crippen LogP contribution in [0.15, 0.2) is 15.8 Å². The van der Waals surface area contributed by atoms with Crippen LogP contribution < -0.4 is 10.6 Å². The van der Waals surface area contributed by atoms with E-state index in [1.807, 2.05) is 4.90 Å². The lowest BCUT2D eigenvalue weighted by Crippen LogP contribution is -2.36. The number of morpholine rings is 1. The third-order valence-electron chi connectivity index (χ3n) is 2.14. The maximum atomic E-state index is 8.46. The molecule has 0 radical (unpaired) electrons. The summed E-state index contributed by atoms with van der Waals surface area (Å²) in [7, 11) is 0. The quantitative estimate of drug-likeness (QED) is 0.300. The lowest BCUT2D eigenvalue weighted by atomic mass is 10.4. The van der Waals surface area contributed by atoms with Gasteiger partial charge in [0.05, 0.1) is 13.2 Å². The van der Waals surface area contributed by atoms with Gasteiger partial charge in [-0.3, -0.25) is 0 Å². The molecule has 0 aromatic carbocycles. The first-order chi connectivity index (χ1) is 7.31. The Morgan fingerprint density at radius 2 is 2.27 bits per heavy atom. The normalized spacial score (nSPS) is 18.1. The molecule has 0 atom stereocenters. The molecule has 0 unspecified atom stereocenters. The Labute approximate surface area is 86.1 Å². The van der Waals surface area contributed by atoms with Crippen LogP contribution in [0.1, 0.15) is 5.69 Å². The summed E-state index contributed by atoms with van der Waals surface area (Å²) in [4.78, 5) is 6.03. The van der Waals surface area contributed by atoms with Crippen LogP contribution in [0.25, 0.3) is 0 Å². The van der Waals surface area contributed by atoms with Crippen LogP contribution in [-0.2, 0) is 4.74 Å². The predicted molar refractivity (Wildman–Crippen MR) is 52.0 cm³/mol. The molecular formula is C8H12N4O3. The van der Waals surface area contributed by atoms with Crippen molar-refractivity contribution in [3.63, 3.8) is 0 Å². The number of nitrogens with zero attached hydrogens (tertiary/aromatic N) is 3. The fourth-order valence-corrected chi connectivity index (χ4v) is 1.33. The SMILES string of the molecule is N/C(=N/O)c1coc(N2CCOCC2)n1. The van der Waals surface area contributed by atoms with Crippen LogP contribution in [0.4, 0.5) is 6.01 Å². The second kappa shape index (κ2) is 4.18. The first-order valence-electron chi connectivity index (χ1n) is 4.57. The van der Waals surface area contributed by atoms with Crippen LogP contribution in [0, 0.1) is 0 Å². The lowest BCUT2D eigenvalue weighted by Gasteiger charge is -2.24. The Hall–Kier alpha value is -1.76. The van der Waals surface area contributed by atoms with E-state index in [1.165, 1.54) is 6.26 Å². The predicted octanol–water partition coefficient (Wildman–Crippen LogP) is -0.394. The standard InChI is InChI=1S/C8H12N4O3/c9-7(11-13)6-5-15-8(10-6)12-1-3-14-4-2-12/h5,13H,1-4H2,(H2,9,11). The van der Waals surface area contributed by atoms with Crippen molar-refractivity contribution in [2.45, 2.75) is 0 Å². The third-order valence-corrected chi connectivity index (χ3v) is 2.14. The fraction of sp³-hybridized carbons (Fsp3) is 0.500. The highest BCUT2D eigenvalue weighted by Gasteiger charge is 2.17. The van der Waals surface area contributed by atoms with Gasteiger partial charge in [0.1, 0.15) is 12.0 Å². The first kappa shape index (κ1) is 9.78. The van der Waals surface area contributed by atoms with Crippen molar-refractivity contribution in [3.05, 3.63) is 12.0 Å². The van der Waals surface area contributed by atoms with Gasteiger partial charge in [-0.2, -0.15) is 4.98 Å². The second-order valence-electron chi connectivity index (χ2n) is 3.10. The summed E-state index contributed by atoms with van der Waals surface area (Å²) in [6.07, 6.45) is 1.36. The van der Waals surface area contributed by atoms with Crippen molar-refractivity contribution in [1.29, 1.82) is 0 Å². The zero-order valence-electron chi connectivity index (χ0n) is 8.09. The minimum Gasteiger partial charge on any atom is -0.431 e. The van der Waals surface area contributed by atoms with Gasteiger partial charge in [0.15, 0.2) is 5.84 Å². The molecule has 0 saturated carbocycles. The summed E-state index contributed by atoms with van der Waals surface area (Å²) < 4.78 is 10.4. The van der Waals surface area contributed by atoms with Crippen LogP contribution in [0.3, 0.4) is 0 Å². The van der Waals surface area contributed by atoms with Crippen molar-refractivity contribution >= 4 is 11.9 Å². The molecule has 1 fully saturated rings. The summed E-state index contributed by atoms with van der Waals surface area (Å²) in [5.74, 6) is -0.0572. The fourth-order valence-electron chi connectivity index (χ4n) is 1.33. The van der Waals surface area contributed by atoms with E-state index in [2.05, 4.69) is 10.1 Å². The zero-order valence-corrected chi connectivity index (χ0v) is 8.09. The van der Waals surface area contributed by atoms with E-state index in [-0.39, 0.29) is 5.84 Å². The highest BCUT2D eigenvalue weighted by Crippen LogP contribution is 2.14. The molecule has 2 rings (SSSR count). The van der Waals surface area contributed by atoms with Gasteiger partial charge in [0, 0.05) is 13.1 Å². The number of hydrogen-bond donors (Lipinski definition) is 2. The Morgan fingerprint density at radius 3 is 2.93 bits per heavy atom. The van der Waals surface area contributed by atoms with Crippen LogP contribution >= 0.6 is 0 Å². The van der Waals surface area contributed by atoms with E-state index < -0.39 is 0 Å². The molecule has 0 amide bonds. The molecule has 1 aromatic rings. The van der Waals surface area contributed by atoms with E-state index in [0.29, 0.717) is 24.9 Å². The van der Waals surface area contributed by atoms with Crippen molar-refractivity contribution < 1.29 is 14.4 Å². The summed E-state index contributed by atoms with van der Waals surface area (Å²) in [5.41, 5.74) is 5.70. The number of hydrogen-bond acceptors (Lipinski definition) is 6. The molecule has 7 nitrogen and oxygen atoms in total. The Bertz CT molecular complexity index is 357. The number of ether oxygens (including phenoxy) is 1. The van der Waals surface area contributed by atoms with Crippen LogP contribution in [0.2, 0.25) is 0 Å². The first-order valence-corrected chi connectivity index (χ1v) is 4.57. The van der Waals surface area contributed by atoms with E-state index in [9.17, 15) is 0 Å². The molecule has 2 heterocycles. The van der Waals surface area contributed by atoms with Crippen molar-refractivity contribution in [2.24, 2.45) is 10.9 Å². The van der Waals surface area contributed by atoms with Gasteiger partial charge >= 0.3 is 0 Å². The topological polar surface area (TPSA) is 97.1 Å². The number of rotatable bonds is 2. The van der Waals surface area contributed by atoms with E-state index in [1.54, 1.807) is 0 Å². The van der Waals surface area contributed by atoms with Gasteiger partial charge in [0.2, 0.25) is 0 Å². The zero-order chi connectivity index (χ0) is 10.7. The third kappa shape index (κ3) is 2.01. The van der Waals surface area contributed by atoms with Gasteiger partial charge in [-0.1, -0.05) is 5.16 Å². The van der Waals surface area contributed by atoms with Crippen LogP contribution in [0.5, 0.6) is 0 Å². The number of amidine groups is 1. The maximum Gasteiger partial charge on any atom is 0.298 e. The Balaban J connectivity index is 2.12. The average Bonchev–Trinajstić information content (AvgIpc) is 2.78. The average molecular weight is 212 g/mol. The van der Waals surface area contributed by atoms with Crippen molar-refractivity contribution in [2.75, 3.05) is 31.2 Å².